The van der Waals surface area contributed by atoms with E-state index >= 15 is 0 Å². The van der Waals surface area contributed by atoms with Gasteiger partial charge in [-0.3, -0.25) is 10.1 Å². The molecule has 6 heteroatoms. The van der Waals surface area contributed by atoms with Crippen LogP contribution in [0.4, 0.5) is 11.4 Å². The van der Waals surface area contributed by atoms with E-state index in [4.69, 9.17) is 5.11 Å². The molecular formula is C11H12N2O4. The molecule has 1 atom stereocenters. The lowest BCUT2D eigenvalue weighted by Crippen LogP contribution is -2.14. The number of nitro groups is 1. The molecule has 0 saturated carbocycles. The minimum atomic E-state index is -1.33. The highest BCUT2D eigenvalue weighted by Gasteiger charge is 2.24. The first-order chi connectivity index (χ1) is 7.97. The molecule has 2 N–H and O–H groups in total. The Kier molecular flexibility index (Phi) is 3.82. The topological polar surface area (TPSA) is 92.5 Å². The monoisotopic (exact) mass is 236 g/mol. The molecular weight excluding hydrogens is 224 g/mol. The largest absolute Gasteiger partial charge is 0.477 e. The van der Waals surface area contributed by atoms with Gasteiger partial charge in [0.2, 0.25) is 0 Å². The van der Waals surface area contributed by atoms with Crippen LogP contribution in [0.3, 0.4) is 0 Å². The molecule has 0 heterocycles. The zero-order valence-electron chi connectivity index (χ0n) is 9.21. The maximum Gasteiger partial charge on any atom is 0.342 e. The fourth-order valence-corrected chi connectivity index (χ4v) is 1.33. The van der Waals surface area contributed by atoms with E-state index < -0.39 is 16.6 Å². The van der Waals surface area contributed by atoms with Crippen LogP contribution >= 0.6 is 0 Å². The number of carboxylic acids is 1. The number of aromatic carboxylic acids is 1. The Labute approximate surface area is 97.7 Å². The Hall–Kier alpha value is -2.37. The normalized spacial score (nSPS) is 11.6. The summed E-state index contributed by atoms with van der Waals surface area (Å²) in [4.78, 5) is 21.1. The van der Waals surface area contributed by atoms with Gasteiger partial charge in [-0.25, -0.2) is 4.79 Å². The highest BCUT2D eigenvalue weighted by atomic mass is 16.6. The van der Waals surface area contributed by atoms with E-state index in [2.05, 4.69) is 11.9 Å². The van der Waals surface area contributed by atoms with E-state index in [-0.39, 0.29) is 17.3 Å². The Morgan fingerprint density at radius 1 is 1.65 bits per heavy atom. The molecule has 17 heavy (non-hydrogen) atoms. The number of hydrogen-bond donors (Lipinski definition) is 2. The van der Waals surface area contributed by atoms with Crippen LogP contribution < -0.4 is 5.32 Å². The predicted octanol–water partition coefficient (Wildman–Crippen LogP) is 2.28. The quantitative estimate of drug-likeness (QED) is 0.464. The zero-order valence-corrected chi connectivity index (χ0v) is 9.21. The summed E-state index contributed by atoms with van der Waals surface area (Å²) >= 11 is 0. The van der Waals surface area contributed by atoms with E-state index in [1.165, 1.54) is 18.2 Å². The molecule has 0 aromatic heterocycles. The smallest absolute Gasteiger partial charge is 0.342 e. The molecule has 0 radical (unpaired) electrons. The third kappa shape index (κ3) is 2.81. The summed E-state index contributed by atoms with van der Waals surface area (Å²) in [6.07, 6.45) is 1.57. The molecule has 1 unspecified atom stereocenters. The van der Waals surface area contributed by atoms with E-state index in [0.717, 1.165) is 0 Å². The molecule has 0 spiro atoms. The third-order valence-corrected chi connectivity index (χ3v) is 2.19. The number of carboxylic acid groups (broad SMARTS) is 1. The van der Waals surface area contributed by atoms with Crippen LogP contribution in [0.25, 0.3) is 0 Å². The fourth-order valence-electron chi connectivity index (χ4n) is 1.33. The summed E-state index contributed by atoms with van der Waals surface area (Å²) in [5.41, 5.74) is -0.604. The van der Waals surface area contributed by atoms with Crippen molar-refractivity contribution in [3.8, 4) is 0 Å². The Balaban J connectivity index is 3.29. The molecule has 0 aliphatic rings. The molecule has 0 aliphatic heterocycles. The van der Waals surface area contributed by atoms with Crippen molar-refractivity contribution in [3.05, 3.63) is 46.5 Å². The molecule has 1 rings (SSSR count). The first kappa shape index (κ1) is 12.7. The SMILES string of the molecule is C=CC(C)Nc1cccc(C(=O)O)c1[N+](=O)[O-]. The number of rotatable bonds is 5. The fraction of sp³-hybridized carbons (Fsp3) is 0.182. The van der Waals surface area contributed by atoms with E-state index in [9.17, 15) is 14.9 Å². The van der Waals surface area contributed by atoms with Gasteiger partial charge in [0, 0.05) is 6.04 Å². The molecule has 6 nitrogen and oxygen atoms in total. The van der Waals surface area contributed by atoms with Crippen molar-refractivity contribution in [1.82, 2.24) is 0 Å². The molecule has 0 amide bonds. The minimum absolute atomic E-state index is 0.169. The van der Waals surface area contributed by atoms with Crippen molar-refractivity contribution in [2.45, 2.75) is 13.0 Å². The number of nitro benzene ring substituents is 1. The van der Waals surface area contributed by atoms with E-state index in [1.807, 2.05) is 0 Å². The van der Waals surface area contributed by atoms with Crippen LogP contribution in [0.2, 0.25) is 0 Å². The zero-order chi connectivity index (χ0) is 13.0. The second kappa shape index (κ2) is 5.11. The first-order valence-corrected chi connectivity index (χ1v) is 4.87. The lowest BCUT2D eigenvalue weighted by atomic mass is 10.1. The summed E-state index contributed by atoms with van der Waals surface area (Å²) in [5, 5.41) is 22.6. The van der Waals surface area contributed by atoms with Gasteiger partial charge in [0.05, 0.1) is 4.92 Å². The number of benzene rings is 1. The molecule has 0 aliphatic carbocycles. The van der Waals surface area contributed by atoms with Gasteiger partial charge in [-0.2, -0.15) is 0 Å². The summed E-state index contributed by atoms with van der Waals surface area (Å²) < 4.78 is 0. The molecule has 0 saturated heterocycles. The minimum Gasteiger partial charge on any atom is -0.477 e. The number of nitrogens with zero attached hydrogens (tertiary/aromatic N) is 1. The van der Waals surface area contributed by atoms with Gasteiger partial charge in [-0.05, 0) is 19.1 Å². The van der Waals surface area contributed by atoms with Crippen LogP contribution in [0, 0.1) is 10.1 Å². The van der Waals surface area contributed by atoms with Gasteiger partial charge in [0.1, 0.15) is 11.3 Å². The van der Waals surface area contributed by atoms with E-state index in [1.54, 1.807) is 13.0 Å². The Bertz CT molecular complexity index is 471. The second-order valence-corrected chi connectivity index (χ2v) is 3.43. The molecule has 0 bridgehead atoms. The second-order valence-electron chi connectivity index (χ2n) is 3.43. The highest BCUT2D eigenvalue weighted by Crippen LogP contribution is 2.29. The summed E-state index contributed by atoms with van der Waals surface area (Å²) in [6.45, 7) is 5.29. The van der Waals surface area contributed by atoms with Crippen molar-refractivity contribution in [2.75, 3.05) is 5.32 Å². The lowest BCUT2D eigenvalue weighted by molar-refractivity contribution is -0.384. The summed E-state index contributed by atoms with van der Waals surface area (Å²) in [7, 11) is 0. The van der Waals surface area contributed by atoms with Gasteiger partial charge in [0.25, 0.3) is 0 Å². The maximum atomic E-state index is 10.9. The van der Waals surface area contributed by atoms with Crippen LogP contribution in [0.1, 0.15) is 17.3 Å². The maximum absolute atomic E-state index is 10.9. The van der Waals surface area contributed by atoms with E-state index in [0.29, 0.717) is 0 Å². The van der Waals surface area contributed by atoms with Crippen LogP contribution in [-0.2, 0) is 0 Å². The van der Waals surface area contributed by atoms with Crippen LogP contribution in [0.5, 0.6) is 0 Å². The molecule has 90 valence electrons. The van der Waals surface area contributed by atoms with Crippen molar-refractivity contribution in [1.29, 1.82) is 0 Å². The van der Waals surface area contributed by atoms with Crippen molar-refractivity contribution in [3.63, 3.8) is 0 Å². The summed E-state index contributed by atoms with van der Waals surface area (Å²) in [5.74, 6) is -1.33. The average Bonchev–Trinajstić information content (AvgIpc) is 2.28. The van der Waals surface area contributed by atoms with Crippen LogP contribution in [0.15, 0.2) is 30.9 Å². The number of hydrogen-bond acceptors (Lipinski definition) is 4. The van der Waals surface area contributed by atoms with Crippen LogP contribution in [-0.4, -0.2) is 22.0 Å². The first-order valence-electron chi connectivity index (χ1n) is 4.87. The summed E-state index contributed by atoms with van der Waals surface area (Å²) in [6, 6.07) is 3.92. The van der Waals surface area contributed by atoms with Gasteiger partial charge in [0.15, 0.2) is 0 Å². The molecule has 1 aromatic carbocycles. The average molecular weight is 236 g/mol. The molecule has 0 fully saturated rings. The lowest BCUT2D eigenvalue weighted by Gasteiger charge is -2.11. The van der Waals surface area contributed by atoms with Gasteiger partial charge < -0.3 is 10.4 Å². The van der Waals surface area contributed by atoms with Gasteiger partial charge in [-0.1, -0.05) is 12.1 Å². The number of anilines is 1. The number of nitrogens with one attached hydrogen (secondary N) is 1. The third-order valence-electron chi connectivity index (χ3n) is 2.19. The predicted molar refractivity (Wildman–Crippen MR) is 63.3 cm³/mol. The van der Waals surface area contributed by atoms with Crippen molar-refractivity contribution >= 4 is 17.3 Å². The number of carbonyl (C=O) groups is 1. The highest BCUT2D eigenvalue weighted by molar-refractivity contribution is 5.95. The van der Waals surface area contributed by atoms with Gasteiger partial charge >= 0.3 is 11.7 Å². The number of para-hydroxylation sites is 1. The Morgan fingerprint density at radius 3 is 2.76 bits per heavy atom. The molecule has 1 aromatic rings. The van der Waals surface area contributed by atoms with Crippen molar-refractivity contribution in [2.24, 2.45) is 0 Å². The Morgan fingerprint density at radius 2 is 2.29 bits per heavy atom. The van der Waals surface area contributed by atoms with Gasteiger partial charge in [-0.15, -0.1) is 6.58 Å². The van der Waals surface area contributed by atoms with Crippen molar-refractivity contribution < 1.29 is 14.8 Å². The standard InChI is InChI=1S/C11H12N2O4/c1-3-7(2)12-9-6-4-5-8(11(14)15)10(9)13(16)17/h3-7,12H,1H2,2H3,(H,14,15).